The van der Waals surface area contributed by atoms with Crippen LogP contribution in [0.15, 0.2) is 104 Å². The summed E-state index contributed by atoms with van der Waals surface area (Å²) >= 11 is 0. The van der Waals surface area contributed by atoms with Crippen LogP contribution in [0, 0.1) is 27.7 Å². The van der Waals surface area contributed by atoms with Gasteiger partial charge in [-0.3, -0.25) is 9.97 Å². The maximum atomic E-state index is 13.1. The van der Waals surface area contributed by atoms with Gasteiger partial charge in [0.2, 0.25) is 0 Å². The van der Waals surface area contributed by atoms with E-state index >= 15 is 0 Å². The Morgan fingerprint density at radius 2 is 1.07 bits per heavy atom. The number of alkyl halides is 6. The Hall–Kier alpha value is -7.92. The molecule has 9 aromatic rings. The van der Waals surface area contributed by atoms with Crippen LogP contribution in [0.4, 0.5) is 49.6 Å². The monoisotopic (exact) mass is 955 g/mol. The number of imidazole rings is 1. The highest BCUT2D eigenvalue weighted by Crippen LogP contribution is 2.44. The lowest BCUT2D eigenvalue weighted by Crippen LogP contribution is -2.60. The maximum absolute atomic E-state index is 13.1. The fraction of sp³-hybridized carbons (Fsp3) is 0.261. The molecule has 0 aliphatic rings. The fourth-order valence-electron chi connectivity index (χ4n) is 6.91. The molecule has 9 rings (SSSR count). The summed E-state index contributed by atoms with van der Waals surface area (Å²) in [6.07, 6.45) is -2.35. The number of aryl methyl sites for hydroxylation is 4. The van der Waals surface area contributed by atoms with Gasteiger partial charge in [0.15, 0.2) is 23.1 Å². The van der Waals surface area contributed by atoms with E-state index in [-0.39, 0.29) is 17.9 Å². The average molecular weight is 956 g/mol. The van der Waals surface area contributed by atoms with Gasteiger partial charge in [-0.2, -0.15) is 36.5 Å². The topological polar surface area (TPSA) is 199 Å². The van der Waals surface area contributed by atoms with Crippen molar-refractivity contribution in [3.63, 3.8) is 0 Å². The second-order valence-electron chi connectivity index (χ2n) is 16.7. The average Bonchev–Trinajstić information content (AvgIpc) is 4.01. The lowest BCUT2D eigenvalue weighted by atomic mass is 10.0. The number of pyridine rings is 4. The zero-order valence-corrected chi connectivity index (χ0v) is 37.6. The largest absolute Gasteiger partial charge is 0.488 e. The van der Waals surface area contributed by atoms with Gasteiger partial charge in [-0.05, 0) is 101 Å². The first kappa shape index (κ1) is 47.6. The summed E-state index contributed by atoms with van der Waals surface area (Å²) in [6, 6.07) is 19.7. The molecule has 0 unspecified atom stereocenters. The number of aliphatic hydroxyl groups is 2. The molecule has 0 aromatic carbocycles. The predicted octanol–water partition coefficient (Wildman–Crippen LogP) is 8.73. The third-order valence-electron chi connectivity index (χ3n) is 10.2. The number of anilines is 4. The molecular weight excluding hydrogens is 913 g/mol. The molecule has 0 aliphatic carbocycles. The van der Waals surface area contributed by atoms with E-state index in [1.54, 1.807) is 85.8 Å². The lowest BCUT2D eigenvalue weighted by molar-refractivity contribution is -0.373. The Morgan fingerprint density at radius 1 is 0.551 bits per heavy atom. The van der Waals surface area contributed by atoms with Gasteiger partial charge < -0.3 is 30.3 Å². The number of hydrogen-bond acceptors (Lipinski definition) is 14. The molecule has 0 atom stereocenters. The molecule has 0 fully saturated rings. The zero-order chi connectivity index (χ0) is 49.5. The summed E-state index contributed by atoms with van der Waals surface area (Å²) in [5.74, 6) is 3.14. The Labute approximate surface area is 388 Å². The lowest BCUT2D eigenvalue weighted by Gasteiger charge is -2.32. The van der Waals surface area contributed by atoms with Crippen molar-refractivity contribution in [3.8, 4) is 33.8 Å². The van der Waals surface area contributed by atoms with E-state index in [0.717, 1.165) is 39.9 Å². The number of aromatic nitrogens is 11. The molecule has 9 heterocycles. The van der Waals surface area contributed by atoms with Gasteiger partial charge in [-0.25, -0.2) is 28.5 Å². The highest BCUT2D eigenvalue weighted by atomic mass is 19.4. The quantitative estimate of drug-likeness (QED) is 0.0848. The summed E-state index contributed by atoms with van der Waals surface area (Å²) in [4.78, 5) is 20.9. The van der Waals surface area contributed by atoms with Crippen molar-refractivity contribution in [2.24, 2.45) is 0 Å². The molecule has 0 amide bonds. The molecule has 9 aromatic heterocycles. The minimum absolute atomic E-state index is 0.169. The zero-order valence-electron chi connectivity index (χ0n) is 37.6. The van der Waals surface area contributed by atoms with Crippen molar-refractivity contribution < 1.29 is 46.0 Å². The second kappa shape index (κ2) is 18.3. The molecule has 0 saturated heterocycles. The SMILES string of the molecule is Cc1cc(-c2ccn3nc(Nc4cc(C)nc(C)n4)cc3c2)c(OCC(O)(C(F)(F)F)C(F)(F)F)cn1.Cc1cc(-c2ccn3nc(Nc4ccc5nccn5n4)cc3c2)c(OCC(C)(C)O)cn1. The van der Waals surface area contributed by atoms with E-state index in [9.17, 15) is 36.6 Å². The Bertz CT molecular complexity index is 3270. The summed E-state index contributed by atoms with van der Waals surface area (Å²) in [5.41, 5.74) is 0.806. The number of ether oxygens (including phenoxy) is 2. The summed E-state index contributed by atoms with van der Waals surface area (Å²) in [5, 5.41) is 39.2. The van der Waals surface area contributed by atoms with E-state index in [1.807, 2.05) is 56.4 Å². The number of fused-ring (bicyclic) bond motifs is 3. The Morgan fingerprint density at radius 3 is 1.59 bits per heavy atom. The maximum Gasteiger partial charge on any atom is 0.429 e. The minimum Gasteiger partial charge on any atom is -0.488 e. The predicted molar refractivity (Wildman–Crippen MR) is 242 cm³/mol. The molecule has 4 N–H and O–H groups in total. The van der Waals surface area contributed by atoms with Crippen LogP contribution in [0.2, 0.25) is 0 Å². The molecule has 0 aliphatic heterocycles. The van der Waals surface area contributed by atoms with Gasteiger partial charge >= 0.3 is 12.4 Å². The van der Waals surface area contributed by atoms with Gasteiger partial charge in [0, 0.05) is 71.2 Å². The molecule has 17 nitrogen and oxygen atoms in total. The van der Waals surface area contributed by atoms with Gasteiger partial charge in [-0.1, -0.05) is 0 Å². The molecular formula is C46H43F6N13O4. The smallest absolute Gasteiger partial charge is 0.429 e. The minimum atomic E-state index is -6.01. The number of nitrogens with one attached hydrogen (secondary N) is 2. The van der Waals surface area contributed by atoms with Gasteiger partial charge in [0.1, 0.15) is 36.4 Å². The van der Waals surface area contributed by atoms with E-state index < -0.39 is 30.2 Å². The molecule has 0 radical (unpaired) electrons. The Balaban J connectivity index is 0.000000188. The normalized spacial score (nSPS) is 12.3. The highest BCUT2D eigenvalue weighted by molar-refractivity contribution is 5.76. The number of rotatable bonds is 12. The fourth-order valence-corrected chi connectivity index (χ4v) is 6.91. The summed E-state index contributed by atoms with van der Waals surface area (Å²) < 4.78 is 94.3. The van der Waals surface area contributed by atoms with Gasteiger partial charge in [0.05, 0.1) is 29.0 Å². The van der Waals surface area contributed by atoms with E-state index in [0.29, 0.717) is 51.6 Å². The first-order valence-corrected chi connectivity index (χ1v) is 20.9. The molecule has 69 heavy (non-hydrogen) atoms. The number of hydrogen-bond donors (Lipinski definition) is 4. The van der Waals surface area contributed by atoms with Crippen molar-refractivity contribution in [2.75, 3.05) is 23.8 Å². The van der Waals surface area contributed by atoms with Crippen molar-refractivity contribution in [1.82, 2.24) is 53.8 Å². The van der Waals surface area contributed by atoms with Crippen LogP contribution in [0.1, 0.15) is 36.8 Å². The van der Waals surface area contributed by atoms with Crippen LogP contribution in [0.3, 0.4) is 0 Å². The van der Waals surface area contributed by atoms with Crippen molar-refractivity contribution in [1.29, 1.82) is 0 Å². The third-order valence-corrected chi connectivity index (χ3v) is 10.2. The van der Waals surface area contributed by atoms with Crippen molar-refractivity contribution >= 4 is 40.0 Å². The first-order valence-electron chi connectivity index (χ1n) is 20.9. The van der Waals surface area contributed by atoms with Crippen LogP contribution in [0.25, 0.3) is 38.9 Å². The standard InChI is InChI=1S/C23H20F6N6O2.C23H23N7O2/c1-12-6-17(18(10-30-12)37-11-21(36,22(24,25)26)23(27,28)29)15-4-5-35-16(8-15)9-20(34-35)33-19-7-13(2)31-14(3)32-19;1-15-10-18(19(13-25-15)32-14-23(2,3)31)16-6-8-29-17(11-16)12-21(28-29)26-20-4-5-22-24-7-9-30(22)27-20/h4-10,36H,11H2,1-3H3,(H,31,32,33,34);4-13,31H,14H2,1-3H3,(H,26,27,28). The second-order valence-corrected chi connectivity index (χ2v) is 16.7. The molecule has 0 saturated carbocycles. The number of nitrogens with zero attached hydrogens (tertiary/aromatic N) is 11. The number of halogens is 6. The van der Waals surface area contributed by atoms with Gasteiger partial charge in [-0.15, -0.1) is 5.10 Å². The van der Waals surface area contributed by atoms with Crippen LogP contribution in [-0.4, -0.2) is 101 Å². The third kappa shape index (κ3) is 10.8. The van der Waals surface area contributed by atoms with Gasteiger partial charge in [0.25, 0.3) is 5.60 Å². The summed E-state index contributed by atoms with van der Waals surface area (Å²) in [6.45, 7) is 8.58. The first-order chi connectivity index (χ1) is 32.5. The molecule has 358 valence electrons. The van der Waals surface area contributed by atoms with Crippen molar-refractivity contribution in [3.05, 3.63) is 127 Å². The van der Waals surface area contributed by atoms with Crippen LogP contribution in [0.5, 0.6) is 11.5 Å². The molecule has 0 spiro atoms. The molecule has 0 bridgehead atoms. The van der Waals surface area contributed by atoms with E-state index in [4.69, 9.17) is 9.47 Å². The van der Waals surface area contributed by atoms with E-state index in [2.05, 4.69) is 50.8 Å². The van der Waals surface area contributed by atoms with Crippen molar-refractivity contribution in [2.45, 2.75) is 65.1 Å². The van der Waals surface area contributed by atoms with Crippen LogP contribution < -0.4 is 20.1 Å². The van der Waals surface area contributed by atoms with Crippen LogP contribution >= 0.6 is 0 Å². The Kier molecular flexibility index (Phi) is 12.6. The molecule has 23 heteroatoms. The summed E-state index contributed by atoms with van der Waals surface area (Å²) in [7, 11) is 0. The van der Waals surface area contributed by atoms with E-state index in [1.165, 1.54) is 10.6 Å². The highest BCUT2D eigenvalue weighted by Gasteiger charge is 2.71. The van der Waals surface area contributed by atoms with Crippen LogP contribution in [-0.2, 0) is 0 Å².